The predicted molar refractivity (Wildman–Crippen MR) is 86.4 cm³/mol. The molecule has 0 amide bonds. The number of likely N-dealkylation sites (tertiary alicyclic amines) is 1. The number of fused-ring (bicyclic) bond motifs is 1. The van der Waals surface area contributed by atoms with Crippen molar-refractivity contribution in [2.75, 3.05) is 13.1 Å². The molecular weight excluding hydrogens is 306 g/mol. The van der Waals surface area contributed by atoms with Gasteiger partial charge in [0, 0.05) is 25.4 Å². The van der Waals surface area contributed by atoms with Crippen molar-refractivity contribution >= 4 is 0 Å². The first-order valence-electron chi connectivity index (χ1n) is 8.98. The average Bonchev–Trinajstić information content (AvgIpc) is 3.29. The largest absolute Gasteiger partial charge is 0.424 e. The third-order valence-corrected chi connectivity index (χ3v) is 5.50. The molecule has 7 heteroatoms. The lowest BCUT2D eigenvalue weighted by molar-refractivity contribution is 0.233. The lowest BCUT2D eigenvalue weighted by atomic mass is 9.80. The van der Waals surface area contributed by atoms with Crippen LogP contribution in [0.4, 0.5) is 0 Å². The van der Waals surface area contributed by atoms with E-state index in [9.17, 15) is 0 Å². The molecule has 1 aliphatic heterocycles. The standard InChI is InChI=1S/C17H25N5O2/c1-4-13-19-20-14(23-13)9-22-8-12-6-5-7-17(12,10-22)16-18-15(11(2)3)21-24-16/h11-12H,4-10H2,1-3H3/t12-,17-/m1/s1. The maximum Gasteiger partial charge on any atom is 0.234 e. The Balaban J connectivity index is 1.54. The second-order valence-electron chi connectivity index (χ2n) is 7.47. The Labute approximate surface area is 141 Å². The first-order chi connectivity index (χ1) is 11.6. The second kappa shape index (κ2) is 5.95. The molecule has 0 bridgehead atoms. The first kappa shape index (κ1) is 15.7. The zero-order valence-corrected chi connectivity index (χ0v) is 14.7. The van der Waals surface area contributed by atoms with Gasteiger partial charge in [0.05, 0.1) is 12.0 Å². The SMILES string of the molecule is CCc1nnc(CN2C[C@H]3CCC[C@@]3(c3nc(C(C)C)no3)C2)o1. The van der Waals surface area contributed by atoms with Gasteiger partial charge in [-0.1, -0.05) is 32.3 Å². The van der Waals surface area contributed by atoms with Crippen molar-refractivity contribution < 1.29 is 8.94 Å². The molecule has 2 aromatic heterocycles. The van der Waals surface area contributed by atoms with Crippen molar-refractivity contribution in [3.63, 3.8) is 0 Å². The van der Waals surface area contributed by atoms with Gasteiger partial charge in [0.15, 0.2) is 5.82 Å². The van der Waals surface area contributed by atoms with Crippen LogP contribution in [0.3, 0.4) is 0 Å². The molecule has 130 valence electrons. The van der Waals surface area contributed by atoms with E-state index in [1.165, 1.54) is 12.8 Å². The number of rotatable bonds is 5. The summed E-state index contributed by atoms with van der Waals surface area (Å²) in [5.74, 6) is 3.92. The Bertz CT molecular complexity index is 709. The summed E-state index contributed by atoms with van der Waals surface area (Å²) in [6.45, 7) is 8.88. The molecule has 0 N–H and O–H groups in total. The van der Waals surface area contributed by atoms with Crippen LogP contribution in [0, 0.1) is 5.92 Å². The van der Waals surface area contributed by atoms with Crippen molar-refractivity contribution in [3.8, 4) is 0 Å². The van der Waals surface area contributed by atoms with Gasteiger partial charge in [-0.2, -0.15) is 4.98 Å². The summed E-state index contributed by atoms with van der Waals surface area (Å²) in [5, 5.41) is 12.4. The van der Waals surface area contributed by atoms with Crippen molar-refractivity contribution in [1.82, 2.24) is 25.2 Å². The number of nitrogens with zero attached hydrogens (tertiary/aromatic N) is 5. The van der Waals surface area contributed by atoms with Gasteiger partial charge in [0.2, 0.25) is 17.7 Å². The molecule has 0 aromatic carbocycles. The number of aromatic nitrogens is 4. The van der Waals surface area contributed by atoms with E-state index >= 15 is 0 Å². The quantitative estimate of drug-likeness (QED) is 0.833. The first-order valence-corrected chi connectivity index (χ1v) is 8.98. The van der Waals surface area contributed by atoms with Crippen molar-refractivity contribution in [3.05, 3.63) is 23.5 Å². The van der Waals surface area contributed by atoms with Crippen LogP contribution >= 0.6 is 0 Å². The van der Waals surface area contributed by atoms with Crippen LogP contribution in [0.1, 0.15) is 69.4 Å². The summed E-state index contributed by atoms with van der Waals surface area (Å²) in [7, 11) is 0. The van der Waals surface area contributed by atoms with E-state index in [1.807, 2.05) is 6.92 Å². The summed E-state index contributed by atoms with van der Waals surface area (Å²) in [6.07, 6.45) is 4.36. The van der Waals surface area contributed by atoms with Crippen LogP contribution in [0.2, 0.25) is 0 Å². The summed E-state index contributed by atoms with van der Waals surface area (Å²) in [4.78, 5) is 7.13. The Morgan fingerprint density at radius 1 is 1.29 bits per heavy atom. The third kappa shape index (κ3) is 2.55. The summed E-state index contributed by atoms with van der Waals surface area (Å²) in [5.41, 5.74) is 0.00769. The fourth-order valence-electron chi connectivity index (χ4n) is 4.22. The highest BCUT2D eigenvalue weighted by Crippen LogP contribution is 2.50. The van der Waals surface area contributed by atoms with Gasteiger partial charge in [-0.15, -0.1) is 10.2 Å². The van der Waals surface area contributed by atoms with Gasteiger partial charge in [-0.25, -0.2) is 0 Å². The van der Waals surface area contributed by atoms with Crippen molar-refractivity contribution in [2.45, 2.75) is 64.3 Å². The highest BCUT2D eigenvalue weighted by atomic mass is 16.5. The Kier molecular flexibility index (Phi) is 3.90. The average molecular weight is 331 g/mol. The molecule has 0 spiro atoms. The van der Waals surface area contributed by atoms with Gasteiger partial charge in [-0.3, -0.25) is 4.90 Å². The van der Waals surface area contributed by atoms with E-state index in [-0.39, 0.29) is 5.41 Å². The molecule has 24 heavy (non-hydrogen) atoms. The summed E-state index contributed by atoms with van der Waals surface area (Å²) < 4.78 is 11.4. The smallest absolute Gasteiger partial charge is 0.234 e. The number of hydrogen-bond donors (Lipinski definition) is 0. The second-order valence-corrected chi connectivity index (χ2v) is 7.47. The topological polar surface area (TPSA) is 81.1 Å². The predicted octanol–water partition coefficient (Wildman–Crippen LogP) is 2.69. The zero-order chi connectivity index (χ0) is 16.7. The van der Waals surface area contributed by atoms with E-state index in [0.29, 0.717) is 30.2 Å². The minimum absolute atomic E-state index is 0.00769. The number of aryl methyl sites for hydroxylation is 1. The molecule has 0 radical (unpaired) electrons. The molecule has 2 fully saturated rings. The Hall–Kier alpha value is -1.76. The van der Waals surface area contributed by atoms with Crippen LogP contribution in [-0.2, 0) is 18.4 Å². The number of hydrogen-bond acceptors (Lipinski definition) is 7. The highest BCUT2D eigenvalue weighted by molar-refractivity contribution is 5.17. The molecule has 7 nitrogen and oxygen atoms in total. The van der Waals surface area contributed by atoms with Crippen LogP contribution in [0.25, 0.3) is 0 Å². The molecular formula is C17H25N5O2. The van der Waals surface area contributed by atoms with Crippen LogP contribution < -0.4 is 0 Å². The maximum absolute atomic E-state index is 5.70. The third-order valence-electron chi connectivity index (χ3n) is 5.50. The zero-order valence-electron chi connectivity index (χ0n) is 14.7. The van der Waals surface area contributed by atoms with Gasteiger partial charge >= 0.3 is 0 Å². The van der Waals surface area contributed by atoms with Gasteiger partial charge < -0.3 is 8.94 Å². The van der Waals surface area contributed by atoms with Crippen molar-refractivity contribution in [1.29, 1.82) is 0 Å². The van der Waals surface area contributed by atoms with Crippen LogP contribution in [0.15, 0.2) is 8.94 Å². The Morgan fingerprint density at radius 2 is 2.12 bits per heavy atom. The van der Waals surface area contributed by atoms with Gasteiger partial charge in [-0.05, 0) is 18.8 Å². The molecule has 2 atom stereocenters. The minimum atomic E-state index is 0.00769. The molecule has 4 rings (SSSR count). The van der Waals surface area contributed by atoms with E-state index in [1.54, 1.807) is 0 Å². The summed E-state index contributed by atoms with van der Waals surface area (Å²) >= 11 is 0. The van der Waals surface area contributed by atoms with Crippen molar-refractivity contribution in [2.24, 2.45) is 5.92 Å². The van der Waals surface area contributed by atoms with Crippen LogP contribution in [0.5, 0.6) is 0 Å². The van der Waals surface area contributed by atoms with E-state index in [4.69, 9.17) is 13.9 Å². The fraction of sp³-hybridized carbons (Fsp3) is 0.765. The van der Waals surface area contributed by atoms with E-state index in [2.05, 4.69) is 34.1 Å². The minimum Gasteiger partial charge on any atom is -0.424 e. The molecule has 3 heterocycles. The fourth-order valence-corrected chi connectivity index (χ4v) is 4.22. The molecule has 1 saturated heterocycles. The highest BCUT2D eigenvalue weighted by Gasteiger charge is 2.54. The lowest BCUT2D eigenvalue weighted by Gasteiger charge is -2.24. The normalized spacial score (nSPS) is 27.2. The Morgan fingerprint density at radius 3 is 2.83 bits per heavy atom. The van der Waals surface area contributed by atoms with E-state index < -0.39 is 0 Å². The van der Waals surface area contributed by atoms with Gasteiger partial charge in [0.25, 0.3) is 0 Å². The van der Waals surface area contributed by atoms with Crippen LogP contribution in [-0.4, -0.2) is 38.3 Å². The lowest BCUT2D eigenvalue weighted by Crippen LogP contribution is -2.32. The molecule has 2 aliphatic rings. The summed E-state index contributed by atoms with van der Waals surface area (Å²) in [6, 6.07) is 0. The molecule has 1 saturated carbocycles. The molecule has 2 aromatic rings. The van der Waals surface area contributed by atoms with Gasteiger partial charge in [0.1, 0.15) is 0 Å². The monoisotopic (exact) mass is 331 g/mol. The maximum atomic E-state index is 5.70. The molecule has 1 aliphatic carbocycles. The van der Waals surface area contributed by atoms with E-state index in [0.717, 1.165) is 37.6 Å². The molecule has 0 unspecified atom stereocenters.